The molecule has 0 unspecified atom stereocenters. The molecule has 0 N–H and O–H groups in total. The minimum absolute atomic E-state index is 0.842. The van der Waals surface area contributed by atoms with E-state index in [9.17, 15) is 0 Å². The molecule has 3 nitrogen and oxygen atoms in total. The third kappa shape index (κ3) is 2.00. The average molecular weight is 232 g/mol. The van der Waals surface area contributed by atoms with Crippen molar-refractivity contribution in [3.63, 3.8) is 0 Å². The molecule has 0 aromatic heterocycles. The summed E-state index contributed by atoms with van der Waals surface area (Å²) >= 11 is 1.70. The van der Waals surface area contributed by atoms with E-state index < -0.39 is 0 Å². The number of hydrogen-bond donors (Lipinski definition) is 0. The third-order valence-corrected chi connectivity index (χ3v) is 3.42. The zero-order chi connectivity index (χ0) is 11.4. The molecule has 4 heteroatoms. The van der Waals surface area contributed by atoms with Crippen LogP contribution in [0.5, 0.6) is 5.75 Å². The van der Waals surface area contributed by atoms with Gasteiger partial charge in [0.15, 0.2) is 0 Å². The van der Waals surface area contributed by atoms with E-state index in [1.165, 1.54) is 0 Å². The van der Waals surface area contributed by atoms with Gasteiger partial charge in [0.2, 0.25) is 0 Å². The first-order valence-electron chi connectivity index (χ1n) is 5.00. The highest BCUT2D eigenvalue weighted by Gasteiger charge is 2.21. The molecule has 0 spiro atoms. The van der Waals surface area contributed by atoms with Crippen molar-refractivity contribution in [1.29, 1.82) is 5.26 Å². The van der Waals surface area contributed by atoms with Crippen molar-refractivity contribution in [1.82, 2.24) is 0 Å². The van der Waals surface area contributed by atoms with Gasteiger partial charge in [-0.25, -0.2) is 0 Å². The Morgan fingerprint density at radius 1 is 1.50 bits per heavy atom. The highest BCUT2D eigenvalue weighted by Crippen LogP contribution is 2.37. The first kappa shape index (κ1) is 10.9. The zero-order valence-electron chi connectivity index (χ0n) is 9.01. The molecule has 82 valence electrons. The molecule has 1 fully saturated rings. The molecular weight excluding hydrogens is 220 g/mol. The topological polar surface area (TPSA) is 36.3 Å². The van der Waals surface area contributed by atoms with Crippen molar-refractivity contribution in [3.05, 3.63) is 35.4 Å². The number of para-hydroxylation sites is 2. The Balaban J connectivity index is 2.37. The number of nitriles is 1. The summed E-state index contributed by atoms with van der Waals surface area (Å²) in [6, 6.07) is 9.94. The van der Waals surface area contributed by atoms with Gasteiger partial charge in [-0.2, -0.15) is 5.26 Å². The smallest absolute Gasteiger partial charge is 0.142 e. The fourth-order valence-electron chi connectivity index (χ4n) is 1.70. The maximum atomic E-state index is 8.72. The van der Waals surface area contributed by atoms with E-state index in [0.717, 1.165) is 28.8 Å². The molecule has 1 heterocycles. The number of methoxy groups -OCH3 is 1. The van der Waals surface area contributed by atoms with Crippen molar-refractivity contribution in [2.24, 2.45) is 0 Å². The Bertz CT molecular complexity index is 451. The fourth-order valence-corrected chi connectivity index (χ4v) is 2.66. The highest BCUT2D eigenvalue weighted by atomic mass is 32.2. The van der Waals surface area contributed by atoms with Crippen LogP contribution in [0.15, 0.2) is 35.4 Å². The van der Waals surface area contributed by atoms with Crippen LogP contribution in [0.2, 0.25) is 0 Å². The van der Waals surface area contributed by atoms with Crippen LogP contribution >= 0.6 is 11.8 Å². The number of thioether (sulfide) groups is 1. The maximum absolute atomic E-state index is 8.72. The van der Waals surface area contributed by atoms with Crippen molar-refractivity contribution in [3.8, 4) is 11.8 Å². The first-order chi connectivity index (χ1) is 7.86. The molecule has 0 saturated carbocycles. The van der Waals surface area contributed by atoms with Crippen LogP contribution in [0, 0.1) is 11.3 Å². The molecular formula is C12H12N2OS. The van der Waals surface area contributed by atoms with E-state index in [0.29, 0.717) is 0 Å². The molecule has 2 rings (SSSR count). The summed E-state index contributed by atoms with van der Waals surface area (Å²) in [7, 11) is 1.66. The largest absolute Gasteiger partial charge is 0.495 e. The number of hydrogen-bond acceptors (Lipinski definition) is 4. The molecule has 0 aliphatic carbocycles. The maximum Gasteiger partial charge on any atom is 0.142 e. The molecule has 0 radical (unpaired) electrons. The molecule has 0 atom stereocenters. The lowest BCUT2D eigenvalue weighted by Gasteiger charge is -2.20. The Morgan fingerprint density at radius 3 is 3.06 bits per heavy atom. The van der Waals surface area contributed by atoms with Crippen LogP contribution < -0.4 is 9.64 Å². The molecule has 1 aliphatic heterocycles. The van der Waals surface area contributed by atoms with Gasteiger partial charge < -0.3 is 9.64 Å². The van der Waals surface area contributed by atoms with E-state index in [-0.39, 0.29) is 0 Å². The summed E-state index contributed by atoms with van der Waals surface area (Å²) in [4.78, 5) is 2.12. The summed E-state index contributed by atoms with van der Waals surface area (Å²) in [5, 5.41) is 9.71. The number of rotatable bonds is 2. The van der Waals surface area contributed by atoms with Crippen molar-refractivity contribution >= 4 is 17.4 Å². The Labute approximate surface area is 99.3 Å². The van der Waals surface area contributed by atoms with Gasteiger partial charge in [-0.05, 0) is 12.1 Å². The van der Waals surface area contributed by atoms with E-state index in [1.807, 2.05) is 24.3 Å². The zero-order valence-corrected chi connectivity index (χ0v) is 9.83. The highest BCUT2D eigenvalue weighted by molar-refractivity contribution is 8.03. The normalized spacial score (nSPS) is 17.5. The predicted molar refractivity (Wildman–Crippen MR) is 66.5 cm³/mol. The van der Waals surface area contributed by atoms with Crippen molar-refractivity contribution in [2.45, 2.75) is 0 Å². The monoisotopic (exact) mass is 232 g/mol. The Kier molecular flexibility index (Phi) is 3.37. The summed E-state index contributed by atoms with van der Waals surface area (Å²) in [6.45, 7) is 0.915. The van der Waals surface area contributed by atoms with Gasteiger partial charge in [0.05, 0.1) is 23.9 Å². The Morgan fingerprint density at radius 2 is 2.31 bits per heavy atom. The van der Waals surface area contributed by atoms with E-state index in [4.69, 9.17) is 10.00 Å². The Hall–Kier alpha value is -1.60. The summed E-state index contributed by atoms with van der Waals surface area (Å²) in [5.41, 5.74) is 1.02. The second-order valence-corrected chi connectivity index (χ2v) is 4.40. The van der Waals surface area contributed by atoms with E-state index in [2.05, 4.69) is 11.0 Å². The van der Waals surface area contributed by atoms with Crippen LogP contribution in [0.25, 0.3) is 0 Å². The van der Waals surface area contributed by atoms with Gasteiger partial charge in [-0.1, -0.05) is 12.1 Å². The lowest BCUT2D eigenvalue weighted by atomic mass is 10.2. The molecule has 1 aliphatic rings. The molecule has 0 amide bonds. The van der Waals surface area contributed by atoms with Gasteiger partial charge in [0.1, 0.15) is 5.75 Å². The van der Waals surface area contributed by atoms with Crippen LogP contribution in [0.1, 0.15) is 0 Å². The van der Waals surface area contributed by atoms with Gasteiger partial charge >= 0.3 is 0 Å². The second kappa shape index (κ2) is 4.95. The molecule has 0 bridgehead atoms. The standard InChI is InChI=1S/C12H12N2OS/c1-15-11-5-3-2-4-10(11)14-8-9-16-12(14)6-7-13/h2-6H,8-9H2,1H3. The third-order valence-electron chi connectivity index (χ3n) is 2.39. The minimum atomic E-state index is 0.842. The summed E-state index contributed by atoms with van der Waals surface area (Å²) < 4.78 is 5.32. The van der Waals surface area contributed by atoms with Crippen molar-refractivity contribution < 1.29 is 4.74 Å². The molecule has 1 saturated heterocycles. The fraction of sp³-hybridized carbons (Fsp3) is 0.250. The molecule has 1 aromatic carbocycles. The number of nitrogens with zero attached hydrogens (tertiary/aromatic N) is 2. The van der Waals surface area contributed by atoms with Crippen LogP contribution in [0.4, 0.5) is 5.69 Å². The van der Waals surface area contributed by atoms with Gasteiger partial charge in [0, 0.05) is 18.4 Å². The SMILES string of the molecule is COc1ccccc1N1CCSC1=CC#N. The van der Waals surface area contributed by atoms with Crippen LogP contribution in [-0.4, -0.2) is 19.4 Å². The summed E-state index contributed by atoms with van der Waals surface area (Å²) in [6.07, 6.45) is 1.59. The first-order valence-corrected chi connectivity index (χ1v) is 5.98. The number of allylic oxidation sites excluding steroid dienone is 1. The predicted octanol–water partition coefficient (Wildman–Crippen LogP) is 2.61. The van der Waals surface area contributed by atoms with Gasteiger partial charge in [-0.15, -0.1) is 11.8 Å². The van der Waals surface area contributed by atoms with E-state index >= 15 is 0 Å². The van der Waals surface area contributed by atoms with Gasteiger partial charge in [-0.3, -0.25) is 0 Å². The van der Waals surface area contributed by atoms with Gasteiger partial charge in [0.25, 0.3) is 0 Å². The average Bonchev–Trinajstić information content (AvgIpc) is 2.77. The molecule has 1 aromatic rings. The van der Waals surface area contributed by atoms with E-state index in [1.54, 1.807) is 24.9 Å². The molecule has 16 heavy (non-hydrogen) atoms. The minimum Gasteiger partial charge on any atom is -0.495 e. The number of anilines is 1. The number of ether oxygens (including phenoxy) is 1. The van der Waals surface area contributed by atoms with Crippen molar-refractivity contribution in [2.75, 3.05) is 24.3 Å². The second-order valence-electron chi connectivity index (χ2n) is 3.28. The quantitative estimate of drug-likeness (QED) is 0.734. The number of benzene rings is 1. The lowest BCUT2D eigenvalue weighted by Crippen LogP contribution is -2.17. The lowest BCUT2D eigenvalue weighted by molar-refractivity contribution is 0.415. The van der Waals surface area contributed by atoms with Crippen LogP contribution in [-0.2, 0) is 0 Å². The summed E-state index contributed by atoms with van der Waals surface area (Å²) in [5.74, 6) is 1.85. The van der Waals surface area contributed by atoms with Crippen LogP contribution in [0.3, 0.4) is 0 Å².